The number of thioether (sulfide) groups is 1. The Morgan fingerprint density at radius 1 is 1.11 bits per heavy atom. The van der Waals surface area contributed by atoms with Crippen molar-refractivity contribution in [2.24, 2.45) is 4.99 Å². The standard InChI is InChI=1S/C21H19NO4S/c1-12-5-4-6-15(9-12)22-20-18(21(25)26-3)19(24)17(27-20)11-14-8-7-13(2)10-16(14)23/h4-11,23-24H,1-3H3/b17-11+,22-20?. The van der Waals surface area contributed by atoms with Crippen LogP contribution in [0.3, 0.4) is 0 Å². The fourth-order valence-electron chi connectivity index (χ4n) is 2.62. The zero-order chi connectivity index (χ0) is 19.6. The van der Waals surface area contributed by atoms with Crippen molar-refractivity contribution in [3.63, 3.8) is 0 Å². The molecule has 1 aliphatic heterocycles. The number of benzene rings is 2. The third-order valence-electron chi connectivity index (χ3n) is 3.99. The second kappa shape index (κ2) is 7.72. The summed E-state index contributed by atoms with van der Waals surface area (Å²) in [5, 5.41) is 21.1. The highest BCUT2D eigenvalue weighted by molar-refractivity contribution is 8.18. The molecule has 0 fully saturated rings. The Kier molecular flexibility index (Phi) is 5.37. The van der Waals surface area contributed by atoms with Gasteiger partial charge < -0.3 is 14.9 Å². The van der Waals surface area contributed by atoms with Crippen molar-refractivity contribution in [3.05, 3.63) is 75.4 Å². The molecule has 0 radical (unpaired) electrons. The van der Waals surface area contributed by atoms with Gasteiger partial charge in [0, 0.05) is 5.56 Å². The number of rotatable bonds is 3. The zero-order valence-corrected chi connectivity index (χ0v) is 16.0. The van der Waals surface area contributed by atoms with Gasteiger partial charge in [0.15, 0.2) is 0 Å². The number of methoxy groups -OCH3 is 1. The van der Waals surface area contributed by atoms with Crippen molar-refractivity contribution >= 4 is 34.5 Å². The van der Waals surface area contributed by atoms with Crippen LogP contribution in [0.2, 0.25) is 0 Å². The largest absolute Gasteiger partial charge is 0.507 e. The summed E-state index contributed by atoms with van der Waals surface area (Å²) in [5.74, 6) is -0.777. The second-order valence-corrected chi connectivity index (χ2v) is 7.17. The minimum atomic E-state index is -0.664. The molecule has 138 valence electrons. The fraction of sp³-hybridized carbons (Fsp3) is 0.143. The molecule has 1 aliphatic rings. The number of aliphatic imine (C=N–C) groups is 1. The lowest BCUT2D eigenvalue weighted by Gasteiger charge is -2.03. The first-order chi connectivity index (χ1) is 12.9. The van der Waals surface area contributed by atoms with Crippen LogP contribution < -0.4 is 0 Å². The summed E-state index contributed by atoms with van der Waals surface area (Å²) in [6, 6.07) is 12.8. The number of aromatic hydroxyl groups is 1. The number of carbonyl (C=O) groups is 1. The average Bonchev–Trinajstić information content (AvgIpc) is 2.92. The van der Waals surface area contributed by atoms with Crippen LogP contribution in [-0.2, 0) is 9.53 Å². The molecule has 3 rings (SSSR count). The lowest BCUT2D eigenvalue weighted by Crippen LogP contribution is -2.10. The third kappa shape index (κ3) is 4.06. The number of aryl methyl sites for hydroxylation is 2. The molecule has 2 N–H and O–H groups in total. The van der Waals surface area contributed by atoms with Crippen LogP contribution in [0, 0.1) is 13.8 Å². The first-order valence-corrected chi connectivity index (χ1v) is 9.07. The van der Waals surface area contributed by atoms with E-state index in [0.717, 1.165) is 22.9 Å². The van der Waals surface area contributed by atoms with Crippen molar-refractivity contribution in [2.45, 2.75) is 13.8 Å². The molecule has 0 saturated heterocycles. The van der Waals surface area contributed by atoms with Gasteiger partial charge in [-0.3, -0.25) is 0 Å². The molecule has 2 aromatic carbocycles. The van der Waals surface area contributed by atoms with E-state index in [1.165, 1.54) is 7.11 Å². The van der Waals surface area contributed by atoms with E-state index in [4.69, 9.17) is 4.74 Å². The number of phenols is 1. The predicted octanol–water partition coefficient (Wildman–Crippen LogP) is 4.81. The van der Waals surface area contributed by atoms with Crippen LogP contribution in [0.25, 0.3) is 6.08 Å². The van der Waals surface area contributed by atoms with Crippen LogP contribution in [-0.4, -0.2) is 28.3 Å². The number of ether oxygens (including phenoxy) is 1. The first-order valence-electron chi connectivity index (χ1n) is 8.26. The minimum absolute atomic E-state index is 0.0156. The van der Waals surface area contributed by atoms with Crippen LogP contribution in [0.4, 0.5) is 5.69 Å². The van der Waals surface area contributed by atoms with Crippen LogP contribution in [0.15, 0.2) is 63.7 Å². The summed E-state index contributed by atoms with van der Waals surface area (Å²) in [4.78, 5) is 17.1. The number of hydrogen-bond acceptors (Lipinski definition) is 6. The Morgan fingerprint density at radius 2 is 1.85 bits per heavy atom. The van der Waals surface area contributed by atoms with E-state index in [2.05, 4.69) is 4.99 Å². The Balaban J connectivity index is 2.07. The Hall–Kier alpha value is -2.99. The Morgan fingerprint density at radius 3 is 2.52 bits per heavy atom. The Labute approximate surface area is 161 Å². The highest BCUT2D eigenvalue weighted by Crippen LogP contribution is 2.41. The number of phenolic OH excluding ortho intramolecular Hbond substituents is 1. The lowest BCUT2D eigenvalue weighted by molar-refractivity contribution is -0.135. The number of esters is 1. The summed E-state index contributed by atoms with van der Waals surface area (Å²) < 4.78 is 4.81. The van der Waals surface area contributed by atoms with Gasteiger partial charge in [0.1, 0.15) is 22.1 Å². The normalized spacial score (nSPS) is 17.0. The van der Waals surface area contributed by atoms with Crippen molar-refractivity contribution in [1.82, 2.24) is 0 Å². The maximum Gasteiger partial charge on any atom is 0.344 e. The van der Waals surface area contributed by atoms with E-state index < -0.39 is 5.97 Å². The molecule has 0 aliphatic carbocycles. The van der Waals surface area contributed by atoms with E-state index in [-0.39, 0.29) is 17.1 Å². The topological polar surface area (TPSA) is 79.1 Å². The lowest BCUT2D eigenvalue weighted by atomic mass is 10.1. The molecule has 0 atom stereocenters. The quantitative estimate of drug-likeness (QED) is 0.746. The van der Waals surface area contributed by atoms with Crippen LogP contribution in [0.1, 0.15) is 16.7 Å². The van der Waals surface area contributed by atoms with Crippen molar-refractivity contribution in [1.29, 1.82) is 0 Å². The summed E-state index contributed by atoms with van der Waals surface area (Å²) in [7, 11) is 1.26. The summed E-state index contributed by atoms with van der Waals surface area (Å²) >= 11 is 1.15. The number of carbonyl (C=O) groups excluding carboxylic acids is 1. The van der Waals surface area contributed by atoms with E-state index in [9.17, 15) is 15.0 Å². The van der Waals surface area contributed by atoms with Crippen LogP contribution >= 0.6 is 11.8 Å². The Bertz CT molecular complexity index is 1000. The SMILES string of the molecule is COC(=O)C1=C(O)/C(=C\c2ccc(C)cc2O)SC1=Nc1cccc(C)c1. The molecule has 0 saturated carbocycles. The van der Waals surface area contributed by atoms with Gasteiger partial charge in [-0.2, -0.15) is 0 Å². The van der Waals surface area contributed by atoms with Gasteiger partial charge in [-0.05, 0) is 49.2 Å². The molecular formula is C21H19NO4S. The molecular weight excluding hydrogens is 362 g/mol. The summed E-state index contributed by atoms with van der Waals surface area (Å²) in [6.45, 7) is 3.83. The molecule has 6 heteroatoms. The van der Waals surface area contributed by atoms with Crippen molar-refractivity contribution in [2.75, 3.05) is 7.11 Å². The van der Waals surface area contributed by atoms with E-state index in [0.29, 0.717) is 21.2 Å². The zero-order valence-electron chi connectivity index (χ0n) is 15.2. The number of nitrogens with zero attached hydrogens (tertiary/aromatic N) is 1. The monoisotopic (exact) mass is 381 g/mol. The molecule has 27 heavy (non-hydrogen) atoms. The molecule has 0 aromatic heterocycles. The number of aliphatic hydroxyl groups is 1. The number of aliphatic hydroxyl groups excluding tert-OH is 1. The molecule has 0 unspecified atom stereocenters. The molecule has 0 amide bonds. The third-order valence-corrected chi connectivity index (χ3v) is 5.00. The first kappa shape index (κ1) is 18.8. The van der Waals surface area contributed by atoms with Gasteiger partial charge in [0.2, 0.25) is 0 Å². The fourth-order valence-corrected chi connectivity index (χ4v) is 3.65. The minimum Gasteiger partial charge on any atom is -0.507 e. The van der Waals surface area contributed by atoms with Gasteiger partial charge >= 0.3 is 5.97 Å². The van der Waals surface area contributed by atoms with Gasteiger partial charge in [-0.15, -0.1) is 0 Å². The van der Waals surface area contributed by atoms with Crippen molar-refractivity contribution < 1.29 is 19.7 Å². The summed E-state index contributed by atoms with van der Waals surface area (Å²) in [6.07, 6.45) is 1.62. The van der Waals surface area contributed by atoms with E-state index >= 15 is 0 Å². The van der Waals surface area contributed by atoms with Gasteiger partial charge in [-0.1, -0.05) is 36.0 Å². The molecule has 0 bridgehead atoms. The maximum atomic E-state index is 12.2. The highest BCUT2D eigenvalue weighted by Gasteiger charge is 2.33. The van der Waals surface area contributed by atoms with Gasteiger partial charge in [0.25, 0.3) is 0 Å². The average molecular weight is 381 g/mol. The smallest absolute Gasteiger partial charge is 0.344 e. The molecule has 1 heterocycles. The number of hydrogen-bond donors (Lipinski definition) is 2. The second-order valence-electron chi connectivity index (χ2n) is 6.14. The van der Waals surface area contributed by atoms with E-state index in [1.807, 2.05) is 44.2 Å². The highest BCUT2D eigenvalue weighted by atomic mass is 32.2. The van der Waals surface area contributed by atoms with E-state index in [1.54, 1.807) is 18.2 Å². The molecule has 2 aromatic rings. The van der Waals surface area contributed by atoms with Crippen molar-refractivity contribution in [3.8, 4) is 5.75 Å². The molecule has 0 spiro atoms. The summed E-state index contributed by atoms with van der Waals surface area (Å²) in [5.41, 5.74) is 3.18. The van der Waals surface area contributed by atoms with Gasteiger partial charge in [-0.25, -0.2) is 9.79 Å². The van der Waals surface area contributed by atoms with Crippen LogP contribution in [0.5, 0.6) is 5.75 Å². The predicted molar refractivity (Wildman–Crippen MR) is 108 cm³/mol. The molecule has 5 nitrogen and oxygen atoms in total. The maximum absolute atomic E-state index is 12.2. The van der Waals surface area contributed by atoms with Gasteiger partial charge in [0.05, 0.1) is 17.7 Å².